The van der Waals surface area contributed by atoms with Crippen molar-refractivity contribution in [2.45, 2.75) is 13.2 Å². The Kier molecular flexibility index (Phi) is 4.34. The molecule has 0 radical (unpaired) electrons. The van der Waals surface area contributed by atoms with E-state index in [0.717, 1.165) is 17.8 Å². The van der Waals surface area contributed by atoms with Crippen molar-refractivity contribution in [1.82, 2.24) is 0 Å². The second-order valence-corrected chi connectivity index (χ2v) is 6.01. The molecule has 106 valence electrons. The smallest absolute Gasteiger partial charge is 0.0682 e. The number of nitrogens with one attached hydrogen (secondary N) is 1. The molecule has 2 aromatic carbocycles. The largest absolute Gasteiger partial charge is 0.392 e. The van der Waals surface area contributed by atoms with E-state index in [1.54, 1.807) is 11.3 Å². The zero-order chi connectivity index (χ0) is 14.5. The van der Waals surface area contributed by atoms with Gasteiger partial charge in [-0.1, -0.05) is 42.5 Å². The number of anilines is 1. The van der Waals surface area contributed by atoms with Crippen LogP contribution in [0.2, 0.25) is 0 Å². The van der Waals surface area contributed by atoms with E-state index in [-0.39, 0.29) is 6.61 Å². The van der Waals surface area contributed by atoms with Crippen LogP contribution in [0.25, 0.3) is 10.4 Å². The Morgan fingerprint density at radius 3 is 2.57 bits per heavy atom. The van der Waals surface area contributed by atoms with E-state index < -0.39 is 0 Å². The quantitative estimate of drug-likeness (QED) is 0.725. The van der Waals surface area contributed by atoms with Crippen LogP contribution in [-0.4, -0.2) is 5.11 Å². The minimum atomic E-state index is 0.0761. The molecule has 3 rings (SSSR count). The number of hydrogen-bond acceptors (Lipinski definition) is 3. The minimum Gasteiger partial charge on any atom is -0.392 e. The summed E-state index contributed by atoms with van der Waals surface area (Å²) in [4.78, 5) is 2.58. The summed E-state index contributed by atoms with van der Waals surface area (Å²) in [5.41, 5.74) is 3.23. The van der Waals surface area contributed by atoms with Gasteiger partial charge in [0.2, 0.25) is 0 Å². The van der Waals surface area contributed by atoms with Crippen LogP contribution in [0.15, 0.2) is 66.7 Å². The summed E-state index contributed by atoms with van der Waals surface area (Å²) in [6, 6.07) is 22.6. The molecular weight excluding hydrogens is 278 g/mol. The molecule has 1 heterocycles. The molecule has 1 aromatic heterocycles. The van der Waals surface area contributed by atoms with Gasteiger partial charge in [-0.05, 0) is 35.4 Å². The van der Waals surface area contributed by atoms with Crippen LogP contribution in [0.1, 0.15) is 10.4 Å². The lowest BCUT2D eigenvalue weighted by molar-refractivity contribution is 0.282. The fourth-order valence-corrected chi connectivity index (χ4v) is 3.15. The highest BCUT2D eigenvalue weighted by Gasteiger charge is 2.02. The first-order valence-electron chi connectivity index (χ1n) is 6.93. The number of rotatable bonds is 5. The lowest BCUT2D eigenvalue weighted by atomic mass is 10.2. The van der Waals surface area contributed by atoms with E-state index in [1.165, 1.54) is 15.3 Å². The van der Waals surface area contributed by atoms with Crippen LogP contribution in [0.4, 0.5) is 5.69 Å². The summed E-state index contributed by atoms with van der Waals surface area (Å²) in [5.74, 6) is 0. The Morgan fingerprint density at radius 2 is 1.76 bits per heavy atom. The van der Waals surface area contributed by atoms with Crippen LogP contribution in [0, 0.1) is 0 Å². The van der Waals surface area contributed by atoms with Gasteiger partial charge in [-0.3, -0.25) is 0 Å². The third kappa shape index (κ3) is 3.51. The lowest BCUT2D eigenvalue weighted by Crippen LogP contribution is -1.97. The Bertz CT molecular complexity index is 706. The van der Waals surface area contributed by atoms with Gasteiger partial charge in [0.05, 0.1) is 6.61 Å². The van der Waals surface area contributed by atoms with Crippen molar-refractivity contribution in [2.75, 3.05) is 5.32 Å². The lowest BCUT2D eigenvalue weighted by Gasteiger charge is -2.06. The van der Waals surface area contributed by atoms with Gasteiger partial charge in [-0.25, -0.2) is 0 Å². The molecule has 2 N–H and O–H groups in total. The van der Waals surface area contributed by atoms with Crippen molar-refractivity contribution < 1.29 is 5.11 Å². The fourth-order valence-electron chi connectivity index (χ4n) is 2.20. The van der Waals surface area contributed by atoms with Gasteiger partial charge in [-0.2, -0.15) is 0 Å². The molecule has 3 heteroatoms. The first-order valence-corrected chi connectivity index (χ1v) is 7.74. The molecule has 0 saturated carbocycles. The number of thiophene rings is 1. The first kappa shape index (κ1) is 13.9. The average Bonchev–Trinajstić information content (AvgIpc) is 3.03. The minimum absolute atomic E-state index is 0.0761. The van der Waals surface area contributed by atoms with E-state index in [9.17, 15) is 0 Å². The van der Waals surface area contributed by atoms with Crippen LogP contribution in [0.5, 0.6) is 0 Å². The zero-order valence-electron chi connectivity index (χ0n) is 11.6. The molecule has 0 unspecified atom stereocenters. The molecule has 0 atom stereocenters. The number of aliphatic hydroxyl groups is 1. The van der Waals surface area contributed by atoms with E-state index >= 15 is 0 Å². The number of benzene rings is 2. The van der Waals surface area contributed by atoms with Crippen molar-refractivity contribution in [3.8, 4) is 10.4 Å². The van der Waals surface area contributed by atoms with Crippen molar-refractivity contribution in [1.29, 1.82) is 0 Å². The van der Waals surface area contributed by atoms with Gasteiger partial charge >= 0.3 is 0 Å². The molecule has 0 bridgehead atoms. The van der Waals surface area contributed by atoms with Crippen LogP contribution < -0.4 is 5.32 Å². The van der Waals surface area contributed by atoms with Crippen LogP contribution >= 0.6 is 11.3 Å². The number of hydrogen-bond donors (Lipinski definition) is 2. The number of aliphatic hydroxyl groups excluding tert-OH is 1. The molecule has 0 spiro atoms. The normalized spacial score (nSPS) is 10.5. The monoisotopic (exact) mass is 295 g/mol. The predicted octanol–water partition coefficient (Wildman–Crippen LogP) is 4.52. The van der Waals surface area contributed by atoms with Gasteiger partial charge in [0.15, 0.2) is 0 Å². The summed E-state index contributed by atoms with van der Waals surface area (Å²) in [7, 11) is 0. The van der Waals surface area contributed by atoms with Crippen molar-refractivity contribution in [3.63, 3.8) is 0 Å². The van der Waals surface area contributed by atoms with Gasteiger partial charge in [0.1, 0.15) is 0 Å². The van der Waals surface area contributed by atoms with Crippen molar-refractivity contribution in [2.24, 2.45) is 0 Å². The van der Waals surface area contributed by atoms with Crippen LogP contribution in [0.3, 0.4) is 0 Å². The van der Waals surface area contributed by atoms with E-state index in [4.69, 9.17) is 5.11 Å². The Hall–Kier alpha value is -2.10. The van der Waals surface area contributed by atoms with Gasteiger partial charge < -0.3 is 10.4 Å². The Morgan fingerprint density at radius 1 is 0.905 bits per heavy atom. The maximum atomic E-state index is 9.15. The molecule has 0 aliphatic rings. The van der Waals surface area contributed by atoms with Gasteiger partial charge in [0, 0.05) is 22.0 Å². The Labute approximate surface area is 128 Å². The van der Waals surface area contributed by atoms with Gasteiger partial charge in [0.25, 0.3) is 0 Å². The molecule has 0 fully saturated rings. The molecule has 2 nitrogen and oxygen atoms in total. The van der Waals surface area contributed by atoms with E-state index in [1.807, 2.05) is 30.3 Å². The molecule has 0 saturated heterocycles. The maximum Gasteiger partial charge on any atom is 0.0682 e. The second kappa shape index (κ2) is 6.57. The van der Waals surface area contributed by atoms with Gasteiger partial charge in [-0.15, -0.1) is 11.3 Å². The molecular formula is C18H17NOS. The standard InChI is InChI=1S/C18H17NOS/c20-13-14-5-4-8-16(11-14)19-12-17-9-10-18(21-17)15-6-2-1-3-7-15/h1-11,19-20H,12-13H2. The zero-order valence-corrected chi connectivity index (χ0v) is 12.4. The van der Waals surface area contributed by atoms with E-state index in [2.05, 4.69) is 41.7 Å². The fraction of sp³-hybridized carbons (Fsp3) is 0.111. The topological polar surface area (TPSA) is 32.3 Å². The SMILES string of the molecule is OCc1cccc(NCc2ccc(-c3ccccc3)s2)c1. The molecule has 0 aliphatic heterocycles. The average molecular weight is 295 g/mol. The Balaban J connectivity index is 1.67. The predicted molar refractivity (Wildman–Crippen MR) is 89.4 cm³/mol. The van der Waals surface area contributed by atoms with Crippen LogP contribution in [-0.2, 0) is 13.2 Å². The third-order valence-corrected chi connectivity index (χ3v) is 4.43. The summed E-state index contributed by atoms with van der Waals surface area (Å²) in [6.45, 7) is 0.874. The third-order valence-electron chi connectivity index (χ3n) is 3.30. The first-order chi connectivity index (χ1) is 10.3. The van der Waals surface area contributed by atoms with E-state index in [0.29, 0.717) is 0 Å². The highest BCUT2D eigenvalue weighted by atomic mass is 32.1. The molecule has 21 heavy (non-hydrogen) atoms. The summed E-state index contributed by atoms with van der Waals surface area (Å²) < 4.78 is 0. The highest BCUT2D eigenvalue weighted by Crippen LogP contribution is 2.28. The summed E-state index contributed by atoms with van der Waals surface area (Å²) in [5, 5.41) is 12.6. The second-order valence-electron chi connectivity index (χ2n) is 4.84. The molecule has 0 amide bonds. The molecule has 0 aliphatic carbocycles. The highest BCUT2D eigenvalue weighted by molar-refractivity contribution is 7.15. The summed E-state index contributed by atoms with van der Waals surface area (Å²) in [6.07, 6.45) is 0. The summed E-state index contributed by atoms with van der Waals surface area (Å²) >= 11 is 1.80. The maximum absolute atomic E-state index is 9.15. The van der Waals surface area contributed by atoms with Crippen molar-refractivity contribution >= 4 is 17.0 Å². The van der Waals surface area contributed by atoms with Crippen molar-refractivity contribution in [3.05, 3.63) is 77.2 Å². The molecule has 3 aromatic rings.